The summed E-state index contributed by atoms with van der Waals surface area (Å²) < 4.78 is 1.67. The normalized spacial score (nSPS) is 14.8. The smallest absolute Gasteiger partial charge is 0.246 e. The first-order valence-electron chi connectivity index (χ1n) is 8.37. The number of carbonyl (C=O) groups is 2. The lowest BCUT2D eigenvalue weighted by atomic mass is 10.0. The van der Waals surface area contributed by atoms with Gasteiger partial charge in [0, 0.05) is 43.7 Å². The Morgan fingerprint density at radius 1 is 1.32 bits per heavy atom. The highest BCUT2D eigenvalue weighted by Crippen LogP contribution is 2.30. The van der Waals surface area contributed by atoms with Crippen molar-refractivity contribution >= 4 is 23.2 Å². The minimum Gasteiger partial charge on any atom is -0.324 e. The van der Waals surface area contributed by atoms with E-state index >= 15 is 0 Å². The molecule has 7 heteroatoms. The van der Waals surface area contributed by atoms with E-state index in [0.717, 1.165) is 41.9 Å². The molecule has 25 heavy (non-hydrogen) atoms. The molecule has 2 N–H and O–H groups in total. The van der Waals surface area contributed by atoms with Crippen LogP contribution in [0.4, 0.5) is 11.4 Å². The summed E-state index contributed by atoms with van der Waals surface area (Å²) in [6.07, 6.45) is 5.33. The van der Waals surface area contributed by atoms with Crippen molar-refractivity contribution in [2.45, 2.75) is 25.8 Å². The number of carbonyl (C=O) groups excluding carboxylic acids is 2. The van der Waals surface area contributed by atoms with Crippen LogP contribution in [0, 0.1) is 0 Å². The van der Waals surface area contributed by atoms with E-state index in [0.29, 0.717) is 0 Å². The highest BCUT2D eigenvalue weighted by molar-refractivity contribution is 5.97. The SMILES string of the molecule is CNC(C(=O)Nc1ccc2c(c1)CCCN2C(C)=O)c1cnn(C)c1. The first-order chi connectivity index (χ1) is 12.0. The summed E-state index contributed by atoms with van der Waals surface area (Å²) in [5, 5.41) is 10.1. The van der Waals surface area contributed by atoms with Gasteiger partial charge in [-0.25, -0.2) is 0 Å². The number of amides is 2. The van der Waals surface area contributed by atoms with Gasteiger partial charge in [0.25, 0.3) is 0 Å². The number of aromatic nitrogens is 2. The van der Waals surface area contributed by atoms with Crippen LogP contribution in [0.3, 0.4) is 0 Å². The Kier molecular flexibility index (Phi) is 4.85. The minimum absolute atomic E-state index is 0.0459. The van der Waals surface area contributed by atoms with E-state index in [-0.39, 0.29) is 11.8 Å². The van der Waals surface area contributed by atoms with E-state index in [2.05, 4.69) is 15.7 Å². The van der Waals surface area contributed by atoms with Crippen molar-refractivity contribution < 1.29 is 9.59 Å². The third-order valence-electron chi connectivity index (χ3n) is 4.45. The third-order valence-corrected chi connectivity index (χ3v) is 4.45. The fraction of sp³-hybridized carbons (Fsp3) is 0.389. The van der Waals surface area contributed by atoms with Gasteiger partial charge in [-0.3, -0.25) is 14.3 Å². The van der Waals surface area contributed by atoms with Gasteiger partial charge in [-0.15, -0.1) is 0 Å². The number of likely N-dealkylation sites (N-methyl/N-ethyl adjacent to an activating group) is 1. The van der Waals surface area contributed by atoms with Crippen molar-refractivity contribution in [3.05, 3.63) is 41.7 Å². The molecule has 132 valence electrons. The molecule has 2 heterocycles. The lowest BCUT2D eigenvalue weighted by Crippen LogP contribution is -2.33. The summed E-state index contributed by atoms with van der Waals surface area (Å²) in [7, 11) is 3.56. The topological polar surface area (TPSA) is 79.3 Å². The van der Waals surface area contributed by atoms with Gasteiger partial charge < -0.3 is 15.5 Å². The standard InChI is InChI=1S/C18H23N5O2/c1-12(24)23-8-4-5-13-9-15(6-7-16(13)23)21-18(25)17(19-2)14-10-20-22(3)11-14/h6-7,9-11,17,19H,4-5,8H2,1-3H3,(H,21,25). The molecular weight excluding hydrogens is 318 g/mol. The molecule has 1 unspecified atom stereocenters. The maximum atomic E-state index is 12.6. The van der Waals surface area contributed by atoms with Crippen LogP contribution in [0.1, 0.15) is 30.5 Å². The van der Waals surface area contributed by atoms with Crippen molar-refractivity contribution in [1.29, 1.82) is 0 Å². The van der Waals surface area contributed by atoms with Crippen LogP contribution in [-0.2, 0) is 23.1 Å². The first kappa shape index (κ1) is 17.2. The van der Waals surface area contributed by atoms with Gasteiger partial charge in [-0.1, -0.05) is 0 Å². The van der Waals surface area contributed by atoms with E-state index in [1.54, 1.807) is 29.7 Å². The molecule has 0 radical (unpaired) electrons. The van der Waals surface area contributed by atoms with E-state index < -0.39 is 6.04 Å². The van der Waals surface area contributed by atoms with E-state index in [9.17, 15) is 9.59 Å². The van der Waals surface area contributed by atoms with Crippen molar-refractivity contribution in [1.82, 2.24) is 15.1 Å². The number of nitrogens with one attached hydrogen (secondary N) is 2. The quantitative estimate of drug-likeness (QED) is 0.886. The monoisotopic (exact) mass is 341 g/mol. The van der Waals surface area contributed by atoms with Gasteiger partial charge in [-0.2, -0.15) is 5.10 Å². The van der Waals surface area contributed by atoms with Gasteiger partial charge in [0.1, 0.15) is 6.04 Å². The Balaban J connectivity index is 1.79. The fourth-order valence-corrected chi connectivity index (χ4v) is 3.25. The van der Waals surface area contributed by atoms with E-state index in [1.165, 1.54) is 0 Å². The zero-order chi connectivity index (χ0) is 18.0. The van der Waals surface area contributed by atoms with Crippen LogP contribution in [0.2, 0.25) is 0 Å². The maximum absolute atomic E-state index is 12.6. The number of fused-ring (bicyclic) bond motifs is 1. The van der Waals surface area contributed by atoms with Crippen molar-refractivity contribution in [2.75, 3.05) is 23.8 Å². The Hall–Kier alpha value is -2.67. The van der Waals surface area contributed by atoms with Gasteiger partial charge in [0.2, 0.25) is 11.8 Å². The Labute approximate surface area is 147 Å². The molecule has 1 aromatic carbocycles. The van der Waals surface area contributed by atoms with Crippen LogP contribution < -0.4 is 15.5 Å². The molecule has 0 saturated heterocycles. The highest BCUT2D eigenvalue weighted by Gasteiger charge is 2.23. The molecule has 0 bridgehead atoms. The average Bonchev–Trinajstić information content (AvgIpc) is 3.00. The second-order valence-corrected chi connectivity index (χ2v) is 6.28. The predicted octanol–water partition coefficient (Wildman–Crippen LogP) is 1.62. The van der Waals surface area contributed by atoms with Gasteiger partial charge >= 0.3 is 0 Å². The fourth-order valence-electron chi connectivity index (χ4n) is 3.25. The van der Waals surface area contributed by atoms with Crippen LogP contribution in [0.25, 0.3) is 0 Å². The molecule has 7 nitrogen and oxygen atoms in total. The number of rotatable bonds is 4. The molecule has 2 amide bonds. The molecule has 1 atom stereocenters. The lowest BCUT2D eigenvalue weighted by Gasteiger charge is -2.29. The minimum atomic E-state index is -0.474. The molecule has 1 aliphatic heterocycles. The maximum Gasteiger partial charge on any atom is 0.246 e. The van der Waals surface area contributed by atoms with Gasteiger partial charge in [0.05, 0.1) is 6.20 Å². The predicted molar refractivity (Wildman–Crippen MR) is 96.4 cm³/mol. The van der Waals surface area contributed by atoms with E-state index in [1.807, 2.05) is 31.4 Å². The van der Waals surface area contributed by atoms with E-state index in [4.69, 9.17) is 0 Å². The first-order valence-corrected chi connectivity index (χ1v) is 8.37. The molecule has 3 rings (SSSR count). The number of nitrogens with zero attached hydrogens (tertiary/aromatic N) is 3. The number of hydrogen-bond acceptors (Lipinski definition) is 4. The Bertz CT molecular complexity index is 799. The highest BCUT2D eigenvalue weighted by atomic mass is 16.2. The molecule has 0 aliphatic carbocycles. The summed E-state index contributed by atoms with van der Waals surface area (Å²) in [4.78, 5) is 26.2. The molecule has 0 saturated carbocycles. The lowest BCUT2D eigenvalue weighted by molar-refractivity contribution is -0.118. The molecule has 1 aromatic heterocycles. The zero-order valence-corrected chi connectivity index (χ0v) is 14.7. The number of benzene rings is 1. The molecule has 2 aromatic rings. The van der Waals surface area contributed by atoms with Crippen LogP contribution in [0.5, 0.6) is 0 Å². The summed E-state index contributed by atoms with van der Waals surface area (Å²) in [6.45, 7) is 2.33. The van der Waals surface area contributed by atoms with Crippen molar-refractivity contribution in [3.8, 4) is 0 Å². The summed E-state index contributed by atoms with van der Waals surface area (Å²) in [5.74, 6) is -0.0979. The number of hydrogen-bond donors (Lipinski definition) is 2. The number of aryl methyl sites for hydroxylation is 2. The molecule has 0 fully saturated rings. The van der Waals surface area contributed by atoms with Crippen molar-refractivity contribution in [2.24, 2.45) is 7.05 Å². The average molecular weight is 341 g/mol. The Morgan fingerprint density at radius 2 is 2.12 bits per heavy atom. The largest absolute Gasteiger partial charge is 0.324 e. The van der Waals surface area contributed by atoms with Crippen molar-refractivity contribution in [3.63, 3.8) is 0 Å². The molecule has 0 spiro atoms. The van der Waals surface area contributed by atoms with Crippen LogP contribution in [0.15, 0.2) is 30.6 Å². The van der Waals surface area contributed by atoms with Crippen LogP contribution >= 0.6 is 0 Å². The summed E-state index contributed by atoms with van der Waals surface area (Å²) in [5.41, 5.74) is 3.57. The third kappa shape index (κ3) is 3.56. The number of anilines is 2. The second-order valence-electron chi connectivity index (χ2n) is 6.28. The molecular formula is C18H23N5O2. The summed E-state index contributed by atoms with van der Waals surface area (Å²) in [6, 6.07) is 5.23. The Morgan fingerprint density at radius 3 is 2.76 bits per heavy atom. The molecule has 1 aliphatic rings. The zero-order valence-electron chi connectivity index (χ0n) is 14.7. The second kappa shape index (κ2) is 7.06. The van der Waals surface area contributed by atoms with Gasteiger partial charge in [0.15, 0.2) is 0 Å². The van der Waals surface area contributed by atoms with Gasteiger partial charge in [-0.05, 0) is 43.7 Å². The summed E-state index contributed by atoms with van der Waals surface area (Å²) >= 11 is 0. The van der Waals surface area contributed by atoms with Crippen LogP contribution in [-0.4, -0.2) is 35.2 Å².